The van der Waals surface area contributed by atoms with Crippen molar-refractivity contribution in [2.45, 2.75) is 32.0 Å². The largest absolute Gasteiger partial charge is 0.457 e. The van der Waals surface area contributed by atoms with Crippen molar-refractivity contribution < 1.29 is 29.2 Å². The van der Waals surface area contributed by atoms with Gasteiger partial charge in [0.1, 0.15) is 11.5 Å². The average Bonchev–Trinajstić information content (AvgIpc) is 3.03. The molecule has 1 aliphatic rings. The molecule has 1 saturated heterocycles. The Morgan fingerprint density at radius 2 is 1.53 bits per heavy atom. The lowest BCUT2D eigenvalue weighted by atomic mass is 9.91. The van der Waals surface area contributed by atoms with Crippen LogP contribution in [0.15, 0.2) is 103 Å². The van der Waals surface area contributed by atoms with Crippen LogP contribution in [-0.4, -0.2) is 40.5 Å². The molecule has 0 aromatic heterocycles. The van der Waals surface area contributed by atoms with E-state index < -0.39 is 6.29 Å². The van der Waals surface area contributed by atoms with E-state index in [1.807, 2.05) is 78.9 Å². The van der Waals surface area contributed by atoms with E-state index in [1.165, 1.54) is 0 Å². The number of aliphatic hydroxyl groups excluding tert-OH is 2. The molecule has 5 rings (SSSR count). The standard InChI is InChI=1S/C34H36N2O6S/c1-23-31(22-43-19-18-37)41-33(42-32(23)25-12-10-24(21-38)11-13-25)26-6-5-7-28(20-26)36-34(39)35-27-14-16-30(17-15-27)40-29-8-3-2-4-9-29/h2-17,20,23,31-33,37-38H,18-19,21-22H2,1H3,(H2,35,36,39)/t23-,31+,32+,33+/m1/s1. The Labute approximate surface area is 256 Å². The fraction of sp³-hybridized carbons (Fsp3) is 0.265. The highest BCUT2D eigenvalue weighted by Gasteiger charge is 2.38. The number of hydrogen-bond donors (Lipinski definition) is 4. The number of para-hydroxylation sites is 1. The van der Waals surface area contributed by atoms with Gasteiger partial charge in [-0.1, -0.05) is 61.5 Å². The summed E-state index contributed by atoms with van der Waals surface area (Å²) < 4.78 is 18.8. The molecule has 8 nitrogen and oxygen atoms in total. The van der Waals surface area contributed by atoms with Crippen LogP contribution >= 0.6 is 11.8 Å². The molecule has 1 fully saturated rings. The summed E-state index contributed by atoms with van der Waals surface area (Å²) in [6.45, 7) is 2.20. The van der Waals surface area contributed by atoms with Crippen molar-refractivity contribution in [1.82, 2.24) is 0 Å². The zero-order chi connectivity index (χ0) is 30.0. The van der Waals surface area contributed by atoms with E-state index in [0.717, 1.165) is 22.4 Å². The summed E-state index contributed by atoms with van der Waals surface area (Å²) in [5.74, 6) is 2.80. The molecule has 43 heavy (non-hydrogen) atoms. The van der Waals surface area contributed by atoms with Gasteiger partial charge in [0.15, 0.2) is 6.29 Å². The molecule has 0 bridgehead atoms. The molecule has 0 saturated carbocycles. The van der Waals surface area contributed by atoms with Crippen LogP contribution in [0.5, 0.6) is 11.5 Å². The van der Waals surface area contributed by atoms with Crippen LogP contribution in [0.25, 0.3) is 0 Å². The van der Waals surface area contributed by atoms with E-state index in [0.29, 0.717) is 28.6 Å². The van der Waals surface area contributed by atoms with Crippen LogP contribution in [-0.2, 0) is 16.1 Å². The number of urea groups is 1. The Kier molecular flexibility index (Phi) is 10.7. The summed E-state index contributed by atoms with van der Waals surface area (Å²) in [4.78, 5) is 12.8. The maximum atomic E-state index is 12.8. The van der Waals surface area contributed by atoms with Crippen LogP contribution in [0.3, 0.4) is 0 Å². The molecule has 0 spiro atoms. The summed E-state index contributed by atoms with van der Waals surface area (Å²) in [6.07, 6.45) is -1.01. The van der Waals surface area contributed by atoms with Crippen molar-refractivity contribution in [2.24, 2.45) is 5.92 Å². The molecule has 0 radical (unpaired) electrons. The van der Waals surface area contributed by atoms with Crippen LogP contribution in [0.2, 0.25) is 0 Å². The third kappa shape index (κ3) is 8.37. The van der Waals surface area contributed by atoms with Gasteiger partial charge in [-0.2, -0.15) is 11.8 Å². The van der Waals surface area contributed by atoms with Crippen LogP contribution in [0.1, 0.15) is 36.0 Å². The highest BCUT2D eigenvalue weighted by molar-refractivity contribution is 7.99. The molecular formula is C34H36N2O6S. The first-order chi connectivity index (χ1) is 21.0. The van der Waals surface area contributed by atoms with Crippen molar-refractivity contribution in [3.8, 4) is 11.5 Å². The molecule has 2 amide bonds. The molecule has 4 atom stereocenters. The minimum absolute atomic E-state index is 0.0190. The van der Waals surface area contributed by atoms with Gasteiger partial charge in [-0.05, 0) is 59.7 Å². The lowest BCUT2D eigenvalue weighted by molar-refractivity contribution is -0.268. The summed E-state index contributed by atoms with van der Waals surface area (Å²) in [6, 6.07) is 31.5. The van der Waals surface area contributed by atoms with Crippen molar-refractivity contribution in [3.05, 3.63) is 120 Å². The third-order valence-corrected chi connectivity index (χ3v) is 8.18. The molecule has 4 aromatic rings. The fourth-order valence-corrected chi connectivity index (χ4v) is 5.77. The number of carbonyl (C=O) groups excluding carboxylic acids is 1. The maximum absolute atomic E-state index is 12.8. The van der Waals surface area contributed by atoms with Crippen LogP contribution in [0.4, 0.5) is 16.2 Å². The van der Waals surface area contributed by atoms with Crippen molar-refractivity contribution in [3.63, 3.8) is 0 Å². The Hall–Kier alpha value is -3.86. The smallest absolute Gasteiger partial charge is 0.323 e. The molecular weight excluding hydrogens is 564 g/mol. The van der Waals surface area contributed by atoms with Gasteiger partial charge < -0.3 is 35.1 Å². The zero-order valence-corrected chi connectivity index (χ0v) is 24.7. The molecule has 0 aliphatic carbocycles. The molecule has 1 aliphatic heterocycles. The van der Waals surface area contributed by atoms with Crippen LogP contribution < -0.4 is 15.4 Å². The Balaban J connectivity index is 1.25. The Morgan fingerprint density at radius 1 is 0.814 bits per heavy atom. The number of rotatable bonds is 11. The normalized spacial score (nSPS) is 19.9. The quantitative estimate of drug-likeness (QED) is 0.136. The van der Waals surface area contributed by atoms with E-state index in [2.05, 4.69) is 17.6 Å². The molecule has 224 valence electrons. The summed E-state index contributed by atoms with van der Waals surface area (Å²) >= 11 is 1.64. The topological polar surface area (TPSA) is 109 Å². The monoisotopic (exact) mass is 600 g/mol. The van der Waals surface area contributed by atoms with Gasteiger partial charge in [-0.25, -0.2) is 4.79 Å². The summed E-state index contributed by atoms with van der Waals surface area (Å²) in [7, 11) is 0. The van der Waals surface area contributed by atoms with Gasteiger partial charge in [0.25, 0.3) is 0 Å². The molecule has 0 unspecified atom stereocenters. The number of hydrogen-bond acceptors (Lipinski definition) is 7. The molecule has 4 aromatic carbocycles. The second-order valence-corrected chi connectivity index (χ2v) is 11.4. The number of ether oxygens (including phenoxy) is 3. The molecule has 1 heterocycles. The first-order valence-corrected chi connectivity index (χ1v) is 15.4. The number of nitrogens with one attached hydrogen (secondary N) is 2. The second kappa shape index (κ2) is 15.0. The number of thioether (sulfide) groups is 1. The van der Waals surface area contributed by atoms with E-state index in [9.17, 15) is 15.0 Å². The number of carbonyl (C=O) groups is 1. The number of amides is 2. The number of benzene rings is 4. The minimum atomic E-state index is -0.652. The number of aliphatic hydroxyl groups is 2. The van der Waals surface area contributed by atoms with E-state index in [-0.39, 0.29) is 37.4 Å². The predicted molar refractivity (Wildman–Crippen MR) is 169 cm³/mol. The second-order valence-electron chi connectivity index (χ2n) is 10.3. The van der Waals surface area contributed by atoms with E-state index in [1.54, 1.807) is 36.0 Å². The van der Waals surface area contributed by atoms with Gasteiger partial charge in [0.05, 0.1) is 25.4 Å². The van der Waals surface area contributed by atoms with Gasteiger partial charge in [0.2, 0.25) is 0 Å². The first-order valence-electron chi connectivity index (χ1n) is 14.2. The summed E-state index contributed by atoms with van der Waals surface area (Å²) in [5, 5.41) is 24.5. The van der Waals surface area contributed by atoms with Crippen LogP contribution in [0, 0.1) is 5.92 Å². The predicted octanol–water partition coefficient (Wildman–Crippen LogP) is 7.13. The maximum Gasteiger partial charge on any atom is 0.323 e. The molecule has 4 N–H and O–H groups in total. The minimum Gasteiger partial charge on any atom is -0.457 e. The summed E-state index contributed by atoms with van der Waals surface area (Å²) in [5.41, 5.74) is 3.84. The van der Waals surface area contributed by atoms with Gasteiger partial charge in [-0.3, -0.25) is 0 Å². The lowest BCUT2D eigenvalue weighted by Crippen LogP contribution is -2.38. The van der Waals surface area contributed by atoms with Crippen molar-refractivity contribution in [1.29, 1.82) is 0 Å². The average molecular weight is 601 g/mol. The highest BCUT2D eigenvalue weighted by atomic mass is 32.2. The molecule has 9 heteroatoms. The van der Waals surface area contributed by atoms with Crippen molar-refractivity contribution >= 4 is 29.2 Å². The van der Waals surface area contributed by atoms with E-state index in [4.69, 9.17) is 14.2 Å². The van der Waals surface area contributed by atoms with Gasteiger partial charge in [0, 0.05) is 34.4 Å². The van der Waals surface area contributed by atoms with Gasteiger partial charge >= 0.3 is 6.03 Å². The van der Waals surface area contributed by atoms with Gasteiger partial charge in [-0.15, -0.1) is 0 Å². The first kappa shape index (κ1) is 30.6. The Morgan fingerprint density at radius 3 is 2.26 bits per heavy atom. The number of anilines is 2. The fourth-order valence-electron chi connectivity index (χ4n) is 4.86. The lowest BCUT2D eigenvalue weighted by Gasteiger charge is -2.41. The Bertz CT molecular complexity index is 1450. The zero-order valence-electron chi connectivity index (χ0n) is 23.9. The highest BCUT2D eigenvalue weighted by Crippen LogP contribution is 2.42. The SMILES string of the molecule is C[C@@H]1[C@H](CSCCO)O[C@H](c2cccc(NC(=O)Nc3ccc(Oc4ccccc4)cc3)c2)O[C@@H]1c1ccc(CO)cc1. The van der Waals surface area contributed by atoms with Crippen molar-refractivity contribution in [2.75, 3.05) is 28.7 Å². The third-order valence-electron chi connectivity index (χ3n) is 7.15. The van der Waals surface area contributed by atoms with E-state index >= 15 is 0 Å².